The van der Waals surface area contributed by atoms with Gasteiger partial charge in [0.15, 0.2) is 0 Å². The molecular formula is C48H29BS2. The number of hydrogen-bond acceptors (Lipinski definition) is 2. The van der Waals surface area contributed by atoms with Gasteiger partial charge in [0.05, 0.1) is 0 Å². The standard InChI is InChI=1S/C48H29BS2/c1-3-15-34(32(13-1)30-25-26-40-38-19-6-5-17-36(38)37-18-7-8-20-39(37)41(40)27-30)35-16-4-2-14-33(35)31-28-46-48-47(29-31)51-45-24-12-10-22-43(45)49(48)42-21-9-11-23-44(42)50-46/h1-29H. The van der Waals surface area contributed by atoms with Gasteiger partial charge in [-0.2, -0.15) is 0 Å². The molecular weight excluding hydrogens is 651 g/mol. The van der Waals surface area contributed by atoms with Gasteiger partial charge < -0.3 is 0 Å². The zero-order chi connectivity index (χ0) is 33.5. The van der Waals surface area contributed by atoms with E-state index in [1.54, 1.807) is 0 Å². The van der Waals surface area contributed by atoms with Crippen molar-refractivity contribution >= 4 is 78.9 Å². The first-order valence-electron chi connectivity index (χ1n) is 17.5. The molecule has 11 rings (SSSR count). The van der Waals surface area contributed by atoms with E-state index in [0.717, 1.165) is 0 Å². The molecule has 51 heavy (non-hydrogen) atoms. The van der Waals surface area contributed by atoms with Gasteiger partial charge >= 0.3 is 0 Å². The van der Waals surface area contributed by atoms with Crippen molar-refractivity contribution in [2.75, 3.05) is 0 Å². The van der Waals surface area contributed by atoms with E-state index in [1.165, 1.54) is 102 Å². The Morgan fingerprint density at radius 2 is 0.706 bits per heavy atom. The van der Waals surface area contributed by atoms with E-state index >= 15 is 0 Å². The maximum atomic E-state index is 2.45. The van der Waals surface area contributed by atoms with E-state index in [1.807, 2.05) is 23.5 Å². The first kappa shape index (κ1) is 29.3. The molecule has 0 N–H and O–H groups in total. The SMILES string of the molecule is c1ccc2c(c1)Sc1cc(-c3ccccc3-c3ccccc3-c3ccc4c5ccccc5c5ccccc5c4c3)cc3c1B2c1ccccc1S3. The van der Waals surface area contributed by atoms with Crippen molar-refractivity contribution in [3.63, 3.8) is 0 Å². The third-order valence-corrected chi connectivity index (χ3v) is 13.1. The third-order valence-electron chi connectivity index (χ3n) is 10.8. The summed E-state index contributed by atoms with van der Waals surface area (Å²) >= 11 is 3.85. The second-order valence-electron chi connectivity index (χ2n) is 13.5. The summed E-state index contributed by atoms with van der Waals surface area (Å²) in [5.41, 5.74) is 11.8. The minimum atomic E-state index is 0.260. The third kappa shape index (κ3) is 4.52. The molecule has 2 heterocycles. The molecule has 2 aliphatic rings. The van der Waals surface area contributed by atoms with Crippen LogP contribution in [-0.2, 0) is 0 Å². The molecule has 0 aromatic heterocycles. The van der Waals surface area contributed by atoms with Gasteiger partial charge in [0.25, 0.3) is 0 Å². The molecule has 236 valence electrons. The molecule has 0 saturated heterocycles. The Balaban J connectivity index is 1.09. The van der Waals surface area contributed by atoms with Gasteiger partial charge in [-0.15, -0.1) is 0 Å². The summed E-state index contributed by atoms with van der Waals surface area (Å²) < 4.78 is 0. The van der Waals surface area contributed by atoms with Gasteiger partial charge in [0.1, 0.15) is 0 Å². The quantitative estimate of drug-likeness (QED) is 0.135. The lowest BCUT2D eigenvalue weighted by atomic mass is 9.36. The number of benzene rings is 9. The molecule has 0 fully saturated rings. The lowest BCUT2D eigenvalue weighted by molar-refractivity contribution is 1.33. The van der Waals surface area contributed by atoms with Gasteiger partial charge in [0.2, 0.25) is 6.71 Å². The minimum Gasteiger partial charge on any atom is -0.0911 e. The molecule has 0 radical (unpaired) electrons. The molecule has 0 saturated carbocycles. The lowest BCUT2D eigenvalue weighted by Gasteiger charge is -2.33. The highest BCUT2D eigenvalue weighted by Gasteiger charge is 2.38. The number of rotatable bonds is 3. The van der Waals surface area contributed by atoms with Crippen molar-refractivity contribution in [1.82, 2.24) is 0 Å². The molecule has 0 nitrogen and oxygen atoms in total. The maximum absolute atomic E-state index is 2.45. The Morgan fingerprint density at radius 1 is 0.294 bits per heavy atom. The van der Waals surface area contributed by atoms with E-state index < -0.39 is 0 Å². The van der Waals surface area contributed by atoms with Crippen LogP contribution in [0, 0.1) is 0 Å². The summed E-state index contributed by atoms with van der Waals surface area (Å²) in [7, 11) is 0. The first-order chi connectivity index (χ1) is 25.3. The second-order valence-corrected chi connectivity index (χ2v) is 15.7. The highest BCUT2D eigenvalue weighted by atomic mass is 32.2. The normalized spacial score (nSPS) is 12.9. The smallest absolute Gasteiger partial charge is 0.0911 e. The Hall–Kier alpha value is -5.48. The summed E-state index contributed by atoms with van der Waals surface area (Å²) in [6.07, 6.45) is 0. The first-order valence-corrected chi connectivity index (χ1v) is 19.2. The summed E-state index contributed by atoms with van der Waals surface area (Å²) in [6.45, 7) is 0.260. The molecule has 0 aliphatic carbocycles. The molecule has 9 aromatic carbocycles. The maximum Gasteiger partial charge on any atom is 0.247 e. The van der Waals surface area contributed by atoms with Crippen LogP contribution in [0.25, 0.3) is 65.7 Å². The minimum absolute atomic E-state index is 0.260. The zero-order valence-corrected chi connectivity index (χ0v) is 29.3. The Morgan fingerprint density at radius 3 is 1.25 bits per heavy atom. The summed E-state index contributed by atoms with van der Waals surface area (Å²) in [5.74, 6) is 0. The van der Waals surface area contributed by atoms with Crippen LogP contribution in [0.2, 0.25) is 0 Å². The number of hydrogen-bond donors (Lipinski definition) is 0. The monoisotopic (exact) mass is 680 g/mol. The molecule has 2 aliphatic heterocycles. The van der Waals surface area contributed by atoms with Gasteiger partial charge in [-0.1, -0.05) is 180 Å². The summed E-state index contributed by atoms with van der Waals surface area (Å²) in [4.78, 5) is 5.44. The highest BCUT2D eigenvalue weighted by Crippen LogP contribution is 2.45. The van der Waals surface area contributed by atoms with E-state index in [9.17, 15) is 0 Å². The molecule has 0 amide bonds. The van der Waals surface area contributed by atoms with E-state index in [4.69, 9.17) is 0 Å². The van der Waals surface area contributed by atoms with Crippen LogP contribution in [0.3, 0.4) is 0 Å². The van der Waals surface area contributed by atoms with Crippen molar-refractivity contribution in [2.45, 2.75) is 19.6 Å². The van der Waals surface area contributed by atoms with Crippen molar-refractivity contribution in [3.05, 3.63) is 176 Å². The van der Waals surface area contributed by atoms with E-state index in [2.05, 4.69) is 176 Å². The fraction of sp³-hybridized carbons (Fsp3) is 0. The van der Waals surface area contributed by atoms with Crippen LogP contribution < -0.4 is 16.4 Å². The fourth-order valence-corrected chi connectivity index (χ4v) is 11.1. The molecule has 9 aromatic rings. The van der Waals surface area contributed by atoms with Crippen LogP contribution in [0.15, 0.2) is 196 Å². The van der Waals surface area contributed by atoms with E-state index in [0.29, 0.717) is 0 Å². The van der Waals surface area contributed by atoms with Crippen LogP contribution >= 0.6 is 23.5 Å². The van der Waals surface area contributed by atoms with Crippen LogP contribution in [0.1, 0.15) is 0 Å². The van der Waals surface area contributed by atoms with Gasteiger partial charge in [-0.25, -0.2) is 0 Å². The van der Waals surface area contributed by atoms with Crippen LogP contribution in [-0.4, -0.2) is 6.71 Å². The topological polar surface area (TPSA) is 0 Å². The van der Waals surface area contributed by atoms with Crippen LogP contribution in [0.5, 0.6) is 0 Å². The van der Waals surface area contributed by atoms with Crippen molar-refractivity contribution < 1.29 is 0 Å². The Labute approximate surface area is 306 Å². The van der Waals surface area contributed by atoms with Crippen LogP contribution in [0.4, 0.5) is 0 Å². The van der Waals surface area contributed by atoms with Gasteiger partial charge in [-0.3, -0.25) is 0 Å². The van der Waals surface area contributed by atoms with Crippen molar-refractivity contribution in [2.24, 2.45) is 0 Å². The molecule has 0 bridgehead atoms. The molecule has 0 spiro atoms. The average molecular weight is 681 g/mol. The Kier molecular flexibility index (Phi) is 6.62. The highest BCUT2D eigenvalue weighted by molar-refractivity contribution is 8.01. The largest absolute Gasteiger partial charge is 0.247 e. The predicted molar refractivity (Wildman–Crippen MR) is 221 cm³/mol. The second kappa shape index (κ2) is 11.5. The molecule has 0 unspecified atom stereocenters. The summed E-state index contributed by atoms with van der Waals surface area (Å²) in [5, 5.41) is 7.80. The average Bonchev–Trinajstić information content (AvgIpc) is 3.20. The Bertz CT molecular complexity index is 2780. The van der Waals surface area contributed by atoms with Crippen molar-refractivity contribution in [3.8, 4) is 33.4 Å². The van der Waals surface area contributed by atoms with E-state index in [-0.39, 0.29) is 6.71 Å². The van der Waals surface area contributed by atoms with Gasteiger partial charge in [0, 0.05) is 19.6 Å². The molecule has 3 heteroatoms. The fourth-order valence-electron chi connectivity index (χ4n) is 8.56. The zero-order valence-electron chi connectivity index (χ0n) is 27.6. The van der Waals surface area contributed by atoms with Gasteiger partial charge in [-0.05, 0) is 101 Å². The van der Waals surface area contributed by atoms with Crippen molar-refractivity contribution in [1.29, 1.82) is 0 Å². The molecule has 0 atom stereocenters. The summed E-state index contributed by atoms with van der Waals surface area (Å²) in [6, 6.07) is 65.5. The lowest BCUT2D eigenvalue weighted by Crippen LogP contribution is -2.57. The predicted octanol–water partition coefficient (Wildman–Crippen LogP) is 11.6. The number of fused-ring (bicyclic) bond motifs is 10.